The second-order valence-electron chi connectivity index (χ2n) is 5.18. The Bertz CT molecular complexity index is 657. The van der Waals surface area contributed by atoms with Crippen molar-refractivity contribution in [1.29, 1.82) is 0 Å². The van der Waals surface area contributed by atoms with Gasteiger partial charge >= 0.3 is 5.97 Å². The number of ether oxygens (including phenoxy) is 1. The maximum atomic E-state index is 12.0. The van der Waals surface area contributed by atoms with E-state index in [2.05, 4.69) is 11.9 Å². The molecule has 0 aliphatic rings. The lowest BCUT2D eigenvalue weighted by atomic mass is 10.1. The summed E-state index contributed by atoms with van der Waals surface area (Å²) in [5.41, 5.74) is 0.869. The summed E-state index contributed by atoms with van der Waals surface area (Å²) in [7, 11) is 1.54. The van der Waals surface area contributed by atoms with Crippen LogP contribution in [0.2, 0.25) is 0 Å². The number of hydrogen-bond acceptors (Lipinski definition) is 6. The first-order valence-corrected chi connectivity index (χ1v) is 7.35. The van der Waals surface area contributed by atoms with Crippen molar-refractivity contribution in [2.75, 3.05) is 32.1 Å². The van der Waals surface area contributed by atoms with Crippen molar-refractivity contribution < 1.29 is 19.2 Å². The molecule has 1 N–H and O–H groups in total. The highest BCUT2D eigenvalue weighted by atomic mass is 16.6. The standard InChI is InChI=1S/C16H21N3O5/c1-5-18(9-11(2)3)15(20)10-24-16(21)12-6-7-13(17-4)14(8-12)19(22)23/h6-8,17H,2,5,9-10H2,1,3-4H3. The van der Waals surface area contributed by atoms with E-state index in [0.717, 1.165) is 11.6 Å². The highest BCUT2D eigenvalue weighted by Crippen LogP contribution is 2.25. The van der Waals surface area contributed by atoms with Crippen LogP contribution in [-0.2, 0) is 9.53 Å². The van der Waals surface area contributed by atoms with Gasteiger partial charge in [0, 0.05) is 26.2 Å². The van der Waals surface area contributed by atoms with Crippen LogP contribution in [0.5, 0.6) is 0 Å². The Morgan fingerprint density at radius 2 is 2.08 bits per heavy atom. The smallest absolute Gasteiger partial charge is 0.338 e. The minimum Gasteiger partial charge on any atom is -0.452 e. The molecule has 1 rings (SSSR count). The number of anilines is 1. The van der Waals surface area contributed by atoms with Crippen molar-refractivity contribution >= 4 is 23.3 Å². The Morgan fingerprint density at radius 1 is 1.42 bits per heavy atom. The van der Waals surface area contributed by atoms with Crippen LogP contribution in [0.3, 0.4) is 0 Å². The van der Waals surface area contributed by atoms with E-state index >= 15 is 0 Å². The fourth-order valence-corrected chi connectivity index (χ4v) is 2.03. The van der Waals surface area contributed by atoms with E-state index in [1.165, 1.54) is 17.0 Å². The molecule has 0 unspecified atom stereocenters. The molecule has 0 saturated carbocycles. The number of hydrogen-bond donors (Lipinski definition) is 1. The third-order valence-corrected chi connectivity index (χ3v) is 3.22. The molecule has 0 saturated heterocycles. The van der Waals surface area contributed by atoms with Gasteiger partial charge in [-0.1, -0.05) is 12.2 Å². The van der Waals surface area contributed by atoms with Crippen LogP contribution in [0.15, 0.2) is 30.4 Å². The summed E-state index contributed by atoms with van der Waals surface area (Å²) in [6.07, 6.45) is 0. The molecule has 0 aliphatic carbocycles. The first-order chi connectivity index (χ1) is 11.3. The van der Waals surface area contributed by atoms with E-state index in [-0.39, 0.29) is 22.8 Å². The summed E-state index contributed by atoms with van der Waals surface area (Å²) >= 11 is 0. The largest absolute Gasteiger partial charge is 0.452 e. The van der Waals surface area contributed by atoms with Gasteiger partial charge in [-0.15, -0.1) is 0 Å². The fourth-order valence-electron chi connectivity index (χ4n) is 2.03. The van der Waals surface area contributed by atoms with Gasteiger partial charge in [0.2, 0.25) is 0 Å². The van der Waals surface area contributed by atoms with Crippen molar-refractivity contribution in [3.05, 3.63) is 46.0 Å². The van der Waals surface area contributed by atoms with Crippen molar-refractivity contribution in [2.24, 2.45) is 0 Å². The summed E-state index contributed by atoms with van der Waals surface area (Å²) in [5, 5.41) is 13.7. The number of benzene rings is 1. The number of nitro groups is 1. The van der Waals surface area contributed by atoms with E-state index in [1.807, 2.05) is 6.92 Å². The maximum Gasteiger partial charge on any atom is 0.338 e. The second-order valence-corrected chi connectivity index (χ2v) is 5.18. The van der Waals surface area contributed by atoms with E-state index < -0.39 is 17.5 Å². The molecule has 0 aromatic heterocycles. The van der Waals surface area contributed by atoms with Gasteiger partial charge in [-0.2, -0.15) is 0 Å². The summed E-state index contributed by atoms with van der Waals surface area (Å²) in [6, 6.07) is 3.93. The molecule has 8 heteroatoms. The van der Waals surface area contributed by atoms with Gasteiger partial charge in [0.1, 0.15) is 5.69 Å². The number of likely N-dealkylation sites (N-methyl/N-ethyl adjacent to an activating group) is 1. The molecule has 0 heterocycles. The molecule has 0 spiro atoms. The zero-order valence-corrected chi connectivity index (χ0v) is 14.0. The molecule has 1 aromatic rings. The third kappa shape index (κ3) is 5.08. The van der Waals surface area contributed by atoms with E-state index in [9.17, 15) is 19.7 Å². The average Bonchev–Trinajstić information content (AvgIpc) is 2.56. The minimum atomic E-state index is -0.791. The summed E-state index contributed by atoms with van der Waals surface area (Å²) in [5.74, 6) is -1.14. The first-order valence-electron chi connectivity index (χ1n) is 7.35. The van der Waals surface area contributed by atoms with Crippen molar-refractivity contribution in [1.82, 2.24) is 4.90 Å². The molecule has 1 amide bonds. The van der Waals surface area contributed by atoms with E-state index in [0.29, 0.717) is 13.1 Å². The molecule has 130 valence electrons. The van der Waals surface area contributed by atoms with E-state index in [1.54, 1.807) is 14.0 Å². The summed E-state index contributed by atoms with van der Waals surface area (Å²) in [6.45, 7) is 7.76. The Kier molecular flexibility index (Phi) is 6.91. The van der Waals surface area contributed by atoms with Gasteiger partial charge in [0.25, 0.3) is 11.6 Å². The second kappa shape index (κ2) is 8.66. The predicted molar refractivity (Wildman–Crippen MR) is 90.0 cm³/mol. The van der Waals surface area contributed by atoms with Crippen LogP contribution in [0.25, 0.3) is 0 Å². The normalized spacial score (nSPS) is 9.96. The van der Waals surface area contributed by atoms with Crippen molar-refractivity contribution in [2.45, 2.75) is 13.8 Å². The van der Waals surface area contributed by atoms with E-state index in [4.69, 9.17) is 4.74 Å². The van der Waals surface area contributed by atoms with Gasteiger partial charge in [0.15, 0.2) is 6.61 Å². The highest BCUT2D eigenvalue weighted by molar-refractivity contribution is 5.93. The lowest BCUT2D eigenvalue weighted by molar-refractivity contribution is -0.384. The highest BCUT2D eigenvalue weighted by Gasteiger charge is 2.19. The Morgan fingerprint density at radius 3 is 2.58 bits per heavy atom. The number of rotatable bonds is 8. The van der Waals surface area contributed by atoms with Gasteiger partial charge in [-0.25, -0.2) is 4.79 Å². The minimum absolute atomic E-state index is 0.0106. The molecule has 0 aliphatic heterocycles. The first kappa shape index (κ1) is 19.1. The molecular weight excluding hydrogens is 314 g/mol. The zero-order chi connectivity index (χ0) is 18.3. The fraction of sp³-hybridized carbons (Fsp3) is 0.375. The number of nitro benzene ring substituents is 1. The number of carbonyl (C=O) groups is 2. The van der Waals surface area contributed by atoms with Gasteiger partial charge in [-0.05, 0) is 26.0 Å². The molecule has 0 radical (unpaired) electrons. The number of nitrogens with one attached hydrogen (secondary N) is 1. The van der Waals surface area contributed by atoms with Crippen molar-refractivity contribution in [3.8, 4) is 0 Å². The number of carbonyl (C=O) groups excluding carboxylic acids is 2. The van der Waals surface area contributed by atoms with Gasteiger partial charge in [-0.3, -0.25) is 14.9 Å². The molecule has 0 atom stereocenters. The quantitative estimate of drug-likeness (QED) is 0.338. The molecule has 0 fully saturated rings. The maximum absolute atomic E-state index is 12.0. The molecule has 1 aromatic carbocycles. The zero-order valence-electron chi connectivity index (χ0n) is 14.0. The summed E-state index contributed by atoms with van der Waals surface area (Å²) in [4.78, 5) is 35.9. The van der Waals surface area contributed by atoms with Crippen LogP contribution < -0.4 is 5.32 Å². The predicted octanol–water partition coefficient (Wildman–Crippen LogP) is 2.22. The Hall–Kier alpha value is -2.90. The SMILES string of the molecule is C=C(C)CN(CC)C(=O)COC(=O)c1ccc(NC)c([N+](=O)[O-])c1. The lowest BCUT2D eigenvalue weighted by Gasteiger charge is -2.20. The molecule has 24 heavy (non-hydrogen) atoms. The monoisotopic (exact) mass is 335 g/mol. The van der Waals surface area contributed by atoms with Crippen LogP contribution >= 0.6 is 0 Å². The van der Waals surface area contributed by atoms with Crippen LogP contribution in [0.4, 0.5) is 11.4 Å². The average molecular weight is 335 g/mol. The number of nitrogens with zero attached hydrogens (tertiary/aromatic N) is 2. The lowest BCUT2D eigenvalue weighted by Crippen LogP contribution is -2.35. The third-order valence-electron chi connectivity index (χ3n) is 3.22. The molecular formula is C16H21N3O5. The number of esters is 1. The topological polar surface area (TPSA) is 102 Å². The Labute approximate surface area is 140 Å². The van der Waals surface area contributed by atoms with Crippen LogP contribution in [-0.4, -0.2) is 48.4 Å². The molecule has 8 nitrogen and oxygen atoms in total. The number of amides is 1. The Balaban J connectivity index is 2.78. The van der Waals surface area contributed by atoms with Gasteiger partial charge in [0.05, 0.1) is 10.5 Å². The summed E-state index contributed by atoms with van der Waals surface area (Å²) < 4.78 is 4.96. The van der Waals surface area contributed by atoms with Crippen LogP contribution in [0.1, 0.15) is 24.2 Å². The van der Waals surface area contributed by atoms with Crippen LogP contribution in [0, 0.1) is 10.1 Å². The van der Waals surface area contributed by atoms with Gasteiger partial charge < -0.3 is 15.0 Å². The molecule has 0 bridgehead atoms. The van der Waals surface area contributed by atoms with Crippen molar-refractivity contribution in [3.63, 3.8) is 0 Å².